The van der Waals surface area contributed by atoms with E-state index in [9.17, 15) is 8.78 Å². The molecular weight excluding hydrogens is 324 g/mol. The molecule has 4 heteroatoms. The normalized spacial score (nSPS) is 12.4. The first-order valence-corrected chi connectivity index (χ1v) is 7.33. The number of hydrogen-bond acceptors (Lipinski definition) is 1. The van der Waals surface area contributed by atoms with Gasteiger partial charge in [0.25, 0.3) is 0 Å². The van der Waals surface area contributed by atoms with Gasteiger partial charge < -0.3 is 5.32 Å². The summed E-state index contributed by atoms with van der Waals surface area (Å²) in [4.78, 5) is 0. The number of halogens is 3. The van der Waals surface area contributed by atoms with Crippen LogP contribution in [0.2, 0.25) is 0 Å². The minimum absolute atomic E-state index is 0.239. The third kappa shape index (κ3) is 3.64. The van der Waals surface area contributed by atoms with E-state index < -0.39 is 11.6 Å². The van der Waals surface area contributed by atoms with E-state index in [0.717, 1.165) is 16.1 Å². The van der Waals surface area contributed by atoms with Crippen LogP contribution in [0.1, 0.15) is 24.1 Å². The maximum absolute atomic E-state index is 13.9. The van der Waals surface area contributed by atoms with Crippen molar-refractivity contribution in [2.45, 2.75) is 19.4 Å². The smallest absolute Gasteiger partial charge is 0.163 e. The molecule has 0 heterocycles. The molecule has 0 aliphatic heterocycles. The van der Waals surface area contributed by atoms with Crippen LogP contribution in [0.25, 0.3) is 0 Å². The molecule has 0 saturated carbocycles. The van der Waals surface area contributed by atoms with E-state index in [0.29, 0.717) is 18.5 Å². The molecule has 0 aliphatic rings. The molecule has 0 fully saturated rings. The number of rotatable bonds is 5. The van der Waals surface area contributed by atoms with Crippen molar-refractivity contribution >= 4 is 15.9 Å². The van der Waals surface area contributed by atoms with E-state index in [4.69, 9.17) is 0 Å². The van der Waals surface area contributed by atoms with Gasteiger partial charge in [0, 0.05) is 16.1 Å². The van der Waals surface area contributed by atoms with Gasteiger partial charge in [0.15, 0.2) is 11.6 Å². The summed E-state index contributed by atoms with van der Waals surface area (Å²) >= 11 is 3.38. The molecule has 106 valence electrons. The van der Waals surface area contributed by atoms with Crippen LogP contribution < -0.4 is 5.32 Å². The Kier molecular flexibility index (Phi) is 5.26. The Morgan fingerprint density at radius 1 is 1.10 bits per heavy atom. The lowest BCUT2D eigenvalue weighted by atomic mass is 9.98. The predicted molar refractivity (Wildman–Crippen MR) is 80.6 cm³/mol. The zero-order valence-electron chi connectivity index (χ0n) is 11.2. The van der Waals surface area contributed by atoms with Crippen molar-refractivity contribution in [3.8, 4) is 0 Å². The monoisotopic (exact) mass is 339 g/mol. The zero-order chi connectivity index (χ0) is 14.5. The van der Waals surface area contributed by atoms with Crippen LogP contribution in [0, 0.1) is 11.6 Å². The molecule has 20 heavy (non-hydrogen) atoms. The van der Waals surface area contributed by atoms with Crippen molar-refractivity contribution in [2.24, 2.45) is 0 Å². The van der Waals surface area contributed by atoms with Gasteiger partial charge in [-0.2, -0.15) is 0 Å². The minimum atomic E-state index is -0.804. The van der Waals surface area contributed by atoms with Crippen molar-refractivity contribution in [1.29, 1.82) is 0 Å². The molecule has 0 radical (unpaired) electrons. The molecule has 0 aromatic heterocycles. The van der Waals surface area contributed by atoms with Crippen molar-refractivity contribution in [1.82, 2.24) is 5.32 Å². The van der Waals surface area contributed by atoms with Gasteiger partial charge in [-0.05, 0) is 36.7 Å². The quantitative estimate of drug-likeness (QED) is 0.837. The Morgan fingerprint density at radius 2 is 1.80 bits per heavy atom. The van der Waals surface area contributed by atoms with E-state index in [-0.39, 0.29) is 6.04 Å². The van der Waals surface area contributed by atoms with Gasteiger partial charge in [0.1, 0.15) is 0 Å². The topological polar surface area (TPSA) is 12.0 Å². The SMILES string of the molecule is CCNC(Cc1ccc(Br)cc1)c1cccc(F)c1F. The van der Waals surface area contributed by atoms with Crippen LogP contribution in [0.3, 0.4) is 0 Å². The molecule has 1 N–H and O–H groups in total. The van der Waals surface area contributed by atoms with Gasteiger partial charge in [-0.1, -0.05) is 47.1 Å². The van der Waals surface area contributed by atoms with E-state index in [2.05, 4.69) is 21.2 Å². The first-order valence-electron chi connectivity index (χ1n) is 6.53. The number of nitrogens with one attached hydrogen (secondary N) is 1. The van der Waals surface area contributed by atoms with Crippen LogP contribution in [0.15, 0.2) is 46.9 Å². The molecule has 0 aliphatic carbocycles. The van der Waals surface area contributed by atoms with E-state index in [1.54, 1.807) is 12.1 Å². The van der Waals surface area contributed by atoms with E-state index in [1.807, 2.05) is 31.2 Å². The fraction of sp³-hybridized carbons (Fsp3) is 0.250. The summed E-state index contributed by atoms with van der Waals surface area (Å²) in [6.45, 7) is 2.64. The second-order valence-corrected chi connectivity index (χ2v) is 5.50. The van der Waals surface area contributed by atoms with Crippen LogP contribution in [-0.2, 0) is 6.42 Å². The fourth-order valence-electron chi connectivity index (χ4n) is 2.18. The van der Waals surface area contributed by atoms with E-state index in [1.165, 1.54) is 0 Å². The zero-order valence-corrected chi connectivity index (χ0v) is 12.8. The van der Waals surface area contributed by atoms with Crippen molar-refractivity contribution < 1.29 is 8.78 Å². The van der Waals surface area contributed by atoms with Crippen LogP contribution >= 0.6 is 15.9 Å². The first kappa shape index (κ1) is 15.1. The predicted octanol–water partition coefficient (Wildman–Crippen LogP) is 4.62. The van der Waals surface area contributed by atoms with Crippen molar-refractivity contribution in [2.75, 3.05) is 6.54 Å². The minimum Gasteiger partial charge on any atom is -0.310 e. The second kappa shape index (κ2) is 6.95. The average Bonchev–Trinajstić information content (AvgIpc) is 2.44. The summed E-state index contributed by atoms with van der Waals surface area (Å²) in [5.41, 5.74) is 1.44. The lowest BCUT2D eigenvalue weighted by Crippen LogP contribution is -2.24. The lowest BCUT2D eigenvalue weighted by Gasteiger charge is -2.19. The van der Waals surface area contributed by atoms with Gasteiger partial charge in [-0.25, -0.2) is 8.78 Å². The van der Waals surface area contributed by atoms with Gasteiger partial charge >= 0.3 is 0 Å². The molecule has 0 saturated heterocycles. The van der Waals surface area contributed by atoms with Crippen LogP contribution in [0.4, 0.5) is 8.78 Å². The Bertz CT molecular complexity index is 569. The maximum Gasteiger partial charge on any atom is 0.163 e. The Morgan fingerprint density at radius 3 is 2.45 bits per heavy atom. The molecule has 1 unspecified atom stereocenters. The number of likely N-dealkylation sites (N-methyl/N-ethyl adjacent to an activating group) is 1. The molecule has 2 rings (SSSR count). The third-order valence-electron chi connectivity index (χ3n) is 3.16. The molecular formula is C16H16BrF2N. The molecule has 0 bridgehead atoms. The van der Waals surface area contributed by atoms with Gasteiger partial charge in [0.2, 0.25) is 0 Å². The molecule has 1 nitrogen and oxygen atoms in total. The highest BCUT2D eigenvalue weighted by Gasteiger charge is 2.17. The number of benzene rings is 2. The van der Waals surface area contributed by atoms with Crippen molar-refractivity contribution in [3.63, 3.8) is 0 Å². The molecule has 1 atom stereocenters. The summed E-state index contributed by atoms with van der Waals surface area (Å²) < 4.78 is 28.3. The van der Waals surface area contributed by atoms with Crippen molar-refractivity contribution in [3.05, 3.63) is 69.7 Å². The maximum atomic E-state index is 13.9. The molecule has 0 amide bonds. The molecule has 0 spiro atoms. The average molecular weight is 340 g/mol. The fourth-order valence-corrected chi connectivity index (χ4v) is 2.45. The summed E-state index contributed by atoms with van der Waals surface area (Å²) in [6.07, 6.45) is 0.613. The Balaban J connectivity index is 2.26. The lowest BCUT2D eigenvalue weighted by molar-refractivity contribution is 0.464. The summed E-state index contributed by atoms with van der Waals surface area (Å²) in [7, 11) is 0. The second-order valence-electron chi connectivity index (χ2n) is 4.58. The van der Waals surface area contributed by atoms with Gasteiger partial charge in [0.05, 0.1) is 0 Å². The van der Waals surface area contributed by atoms with Crippen LogP contribution in [0.5, 0.6) is 0 Å². The van der Waals surface area contributed by atoms with Gasteiger partial charge in [-0.3, -0.25) is 0 Å². The highest BCUT2D eigenvalue weighted by molar-refractivity contribution is 9.10. The largest absolute Gasteiger partial charge is 0.310 e. The van der Waals surface area contributed by atoms with Crippen LogP contribution in [-0.4, -0.2) is 6.54 Å². The third-order valence-corrected chi connectivity index (χ3v) is 3.69. The molecule has 2 aromatic rings. The first-order chi connectivity index (χ1) is 9.61. The molecule has 2 aromatic carbocycles. The summed E-state index contributed by atoms with van der Waals surface area (Å²) in [5, 5.41) is 3.21. The summed E-state index contributed by atoms with van der Waals surface area (Å²) in [5.74, 6) is -1.57. The Hall–Kier alpha value is -1.26. The summed E-state index contributed by atoms with van der Waals surface area (Å²) in [6, 6.07) is 11.9. The van der Waals surface area contributed by atoms with Gasteiger partial charge in [-0.15, -0.1) is 0 Å². The Labute approximate surface area is 126 Å². The number of hydrogen-bond donors (Lipinski definition) is 1. The highest BCUT2D eigenvalue weighted by atomic mass is 79.9. The van der Waals surface area contributed by atoms with E-state index >= 15 is 0 Å². The highest BCUT2D eigenvalue weighted by Crippen LogP contribution is 2.23. The standard InChI is InChI=1S/C16H16BrF2N/c1-2-20-15(10-11-6-8-12(17)9-7-11)13-4-3-5-14(18)16(13)19/h3-9,15,20H,2,10H2,1H3.